The van der Waals surface area contributed by atoms with E-state index in [1.807, 2.05) is 37.2 Å². The Labute approximate surface area is 119 Å². The molecule has 0 saturated carbocycles. The van der Waals surface area contributed by atoms with Crippen LogP contribution in [0, 0.1) is 3.57 Å². The van der Waals surface area contributed by atoms with Gasteiger partial charge in [-0.15, -0.1) is 0 Å². The summed E-state index contributed by atoms with van der Waals surface area (Å²) in [4.78, 5) is 10.7. The van der Waals surface area contributed by atoms with E-state index in [2.05, 4.69) is 32.6 Å². The zero-order chi connectivity index (χ0) is 12.4. The van der Waals surface area contributed by atoms with Gasteiger partial charge in [-0.2, -0.15) is 0 Å². The summed E-state index contributed by atoms with van der Waals surface area (Å²) in [6.45, 7) is 0. The van der Waals surface area contributed by atoms with Crippen molar-refractivity contribution >= 4 is 57.1 Å². The predicted octanol–water partition coefficient (Wildman–Crippen LogP) is 3.71. The summed E-state index contributed by atoms with van der Waals surface area (Å²) >= 11 is 8.40. The van der Waals surface area contributed by atoms with Crippen LogP contribution in [0.2, 0.25) is 5.02 Å². The highest BCUT2D eigenvalue weighted by molar-refractivity contribution is 14.1. The lowest BCUT2D eigenvalue weighted by Crippen LogP contribution is -2.07. The maximum absolute atomic E-state index is 6.17. The Morgan fingerprint density at radius 3 is 2.94 bits per heavy atom. The van der Waals surface area contributed by atoms with Crippen molar-refractivity contribution in [2.75, 3.05) is 14.1 Å². The minimum Gasteiger partial charge on any atom is -0.369 e. The Bertz CT molecular complexity index is 581. The van der Waals surface area contributed by atoms with E-state index in [1.165, 1.54) is 0 Å². The number of halogens is 2. The van der Waals surface area contributed by atoms with Gasteiger partial charge in [-0.25, -0.2) is 4.99 Å². The number of aliphatic imine (C=N–C) groups is 1. The molecule has 1 aromatic heterocycles. The number of aromatic nitrogens is 1. The largest absolute Gasteiger partial charge is 0.369 e. The molecule has 0 saturated heterocycles. The first-order chi connectivity index (χ1) is 8.09. The van der Waals surface area contributed by atoms with Crippen molar-refractivity contribution in [3.63, 3.8) is 0 Å². The number of pyridine rings is 1. The summed E-state index contributed by atoms with van der Waals surface area (Å²) in [5, 5.41) is 1.64. The maximum Gasteiger partial charge on any atom is 0.0910 e. The first-order valence-corrected chi connectivity index (χ1v) is 6.48. The van der Waals surface area contributed by atoms with Crippen LogP contribution in [0.25, 0.3) is 10.9 Å². The molecule has 17 heavy (non-hydrogen) atoms. The molecule has 2 aromatic rings. The Morgan fingerprint density at radius 1 is 1.47 bits per heavy atom. The Balaban J connectivity index is 2.69. The summed E-state index contributed by atoms with van der Waals surface area (Å²) in [6, 6.07) is 5.77. The van der Waals surface area contributed by atoms with Crippen molar-refractivity contribution in [2.45, 2.75) is 0 Å². The van der Waals surface area contributed by atoms with Gasteiger partial charge in [-0.3, -0.25) is 4.98 Å². The molecule has 0 unspecified atom stereocenters. The van der Waals surface area contributed by atoms with E-state index in [1.54, 1.807) is 12.5 Å². The van der Waals surface area contributed by atoms with Crippen LogP contribution < -0.4 is 0 Å². The number of fused-ring (bicyclic) bond motifs is 1. The lowest BCUT2D eigenvalue weighted by Gasteiger charge is -2.07. The Morgan fingerprint density at radius 2 is 2.24 bits per heavy atom. The fourth-order valence-corrected chi connectivity index (χ4v) is 2.65. The first-order valence-electron chi connectivity index (χ1n) is 5.03. The number of benzene rings is 1. The zero-order valence-corrected chi connectivity index (χ0v) is 12.4. The minimum atomic E-state index is 0.661. The molecule has 0 N–H and O–H groups in total. The molecule has 0 fully saturated rings. The second-order valence-corrected chi connectivity index (χ2v) is 5.37. The van der Waals surface area contributed by atoms with Crippen LogP contribution in [-0.2, 0) is 0 Å². The molecule has 0 aliphatic heterocycles. The molecule has 1 heterocycles. The summed E-state index contributed by atoms with van der Waals surface area (Å²) in [5.41, 5.74) is 1.70. The predicted molar refractivity (Wildman–Crippen MR) is 81.3 cm³/mol. The fraction of sp³-hybridized carbons (Fsp3) is 0.167. The third kappa shape index (κ3) is 2.69. The molecule has 0 radical (unpaired) electrons. The van der Waals surface area contributed by atoms with Crippen molar-refractivity contribution in [3.05, 3.63) is 33.0 Å². The second kappa shape index (κ2) is 5.18. The van der Waals surface area contributed by atoms with E-state index in [4.69, 9.17) is 11.6 Å². The van der Waals surface area contributed by atoms with Gasteiger partial charge in [0, 0.05) is 29.2 Å². The molecule has 0 spiro atoms. The van der Waals surface area contributed by atoms with Crippen molar-refractivity contribution < 1.29 is 0 Å². The molecular weight excluding hydrogens is 349 g/mol. The lowest BCUT2D eigenvalue weighted by molar-refractivity contribution is 0.643. The maximum atomic E-state index is 6.17. The molecule has 5 heteroatoms. The van der Waals surface area contributed by atoms with E-state index < -0.39 is 0 Å². The normalized spacial score (nSPS) is 11.3. The highest BCUT2D eigenvalue weighted by Gasteiger charge is 2.09. The van der Waals surface area contributed by atoms with Crippen molar-refractivity contribution in [2.24, 2.45) is 4.99 Å². The van der Waals surface area contributed by atoms with Gasteiger partial charge in [0.25, 0.3) is 0 Å². The molecule has 3 nitrogen and oxygen atoms in total. The summed E-state index contributed by atoms with van der Waals surface area (Å²) < 4.78 is 1.02. The third-order valence-corrected chi connectivity index (χ3v) is 3.30. The molecule has 1 aromatic carbocycles. The van der Waals surface area contributed by atoms with Crippen LogP contribution in [0.4, 0.5) is 5.69 Å². The number of hydrogen-bond donors (Lipinski definition) is 0. The van der Waals surface area contributed by atoms with Crippen molar-refractivity contribution in [1.82, 2.24) is 9.88 Å². The van der Waals surface area contributed by atoms with Crippen LogP contribution in [-0.4, -0.2) is 30.3 Å². The highest BCUT2D eigenvalue weighted by atomic mass is 127. The lowest BCUT2D eigenvalue weighted by atomic mass is 10.2. The molecule has 0 aliphatic rings. The summed E-state index contributed by atoms with van der Waals surface area (Å²) in [7, 11) is 3.87. The van der Waals surface area contributed by atoms with E-state index in [-0.39, 0.29) is 0 Å². The monoisotopic (exact) mass is 359 g/mol. The van der Waals surface area contributed by atoms with Gasteiger partial charge in [-0.1, -0.05) is 11.6 Å². The van der Waals surface area contributed by atoms with Crippen molar-refractivity contribution in [1.29, 1.82) is 0 Å². The Kier molecular flexibility index (Phi) is 3.83. The van der Waals surface area contributed by atoms with Crippen LogP contribution in [0.3, 0.4) is 0 Å². The molecule has 0 aliphatic carbocycles. The number of hydrogen-bond acceptors (Lipinski definition) is 2. The van der Waals surface area contributed by atoms with Crippen LogP contribution in [0.15, 0.2) is 29.4 Å². The molecular formula is C12H11ClIN3. The van der Waals surface area contributed by atoms with E-state index >= 15 is 0 Å². The van der Waals surface area contributed by atoms with Gasteiger partial charge in [0.1, 0.15) is 0 Å². The first kappa shape index (κ1) is 12.6. The summed E-state index contributed by atoms with van der Waals surface area (Å²) in [5.74, 6) is 0. The third-order valence-electron chi connectivity index (χ3n) is 2.19. The molecule has 0 amide bonds. The quantitative estimate of drug-likeness (QED) is 0.464. The summed E-state index contributed by atoms with van der Waals surface area (Å²) in [6.07, 6.45) is 3.51. The molecule has 0 atom stereocenters. The molecule has 88 valence electrons. The van der Waals surface area contributed by atoms with Crippen LogP contribution in [0.5, 0.6) is 0 Å². The SMILES string of the molecule is CN(C)C=Nc1c(I)cc(Cl)c2ncccc12. The van der Waals surface area contributed by atoms with Gasteiger partial charge < -0.3 is 4.90 Å². The van der Waals surface area contributed by atoms with E-state index in [0.29, 0.717) is 5.02 Å². The van der Waals surface area contributed by atoms with Gasteiger partial charge in [0.15, 0.2) is 0 Å². The molecule has 2 rings (SSSR count). The van der Waals surface area contributed by atoms with E-state index in [9.17, 15) is 0 Å². The average molecular weight is 360 g/mol. The van der Waals surface area contributed by atoms with Crippen LogP contribution >= 0.6 is 34.2 Å². The van der Waals surface area contributed by atoms with Gasteiger partial charge in [0.05, 0.1) is 22.6 Å². The zero-order valence-electron chi connectivity index (χ0n) is 9.48. The smallest absolute Gasteiger partial charge is 0.0910 e. The molecule has 0 bridgehead atoms. The van der Waals surface area contributed by atoms with Gasteiger partial charge in [-0.05, 0) is 40.8 Å². The topological polar surface area (TPSA) is 28.5 Å². The standard InChI is InChI=1S/C12H11ClIN3/c1-17(2)7-16-12-8-4-3-5-15-11(8)9(13)6-10(12)14/h3-7H,1-2H3. The number of rotatable bonds is 2. The second-order valence-electron chi connectivity index (χ2n) is 3.80. The highest BCUT2D eigenvalue weighted by Crippen LogP contribution is 2.34. The minimum absolute atomic E-state index is 0.661. The Hall–Kier alpha value is -0.880. The van der Waals surface area contributed by atoms with Gasteiger partial charge >= 0.3 is 0 Å². The van der Waals surface area contributed by atoms with Gasteiger partial charge in [0.2, 0.25) is 0 Å². The average Bonchev–Trinajstić information content (AvgIpc) is 2.28. The van der Waals surface area contributed by atoms with Crippen LogP contribution in [0.1, 0.15) is 0 Å². The van der Waals surface area contributed by atoms with E-state index in [0.717, 1.165) is 20.2 Å². The van der Waals surface area contributed by atoms with Crippen molar-refractivity contribution in [3.8, 4) is 0 Å². The number of nitrogens with zero attached hydrogens (tertiary/aromatic N) is 3. The fourth-order valence-electron chi connectivity index (χ4n) is 1.47.